The molecule has 0 heterocycles. The molecule has 0 aliphatic carbocycles. The standard InChI is InChI=1S/C22H29N/c1-17(2)23(18(3)4)16-15-19(5)21-13-9-10-14-22(21)20-11-7-6-8-12-20/h6-15,17-18H,16H2,1-5H3. The van der Waals surface area contributed by atoms with E-state index in [0.717, 1.165) is 6.54 Å². The van der Waals surface area contributed by atoms with Gasteiger partial charge in [-0.15, -0.1) is 0 Å². The largest absolute Gasteiger partial charge is 0.295 e. The second-order valence-electron chi connectivity index (χ2n) is 6.68. The molecule has 2 aromatic rings. The van der Waals surface area contributed by atoms with Gasteiger partial charge in [0.2, 0.25) is 0 Å². The molecule has 2 aromatic carbocycles. The van der Waals surface area contributed by atoms with Crippen LogP contribution >= 0.6 is 0 Å². The zero-order chi connectivity index (χ0) is 16.8. The van der Waals surface area contributed by atoms with Crippen LogP contribution in [0.3, 0.4) is 0 Å². The third kappa shape index (κ3) is 4.56. The van der Waals surface area contributed by atoms with Crippen LogP contribution in [0.25, 0.3) is 16.7 Å². The molecule has 0 saturated carbocycles. The van der Waals surface area contributed by atoms with Crippen molar-refractivity contribution in [3.8, 4) is 11.1 Å². The molecule has 122 valence electrons. The van der Waals surface area contributed by atoms with E-state index in [4.69, 9.17) is 0 Å². The lowest BCUT2D eigenvalue weighted by molar-refractivity contribution is 0.196. The highest BCUT2D eigenvalue weighted by atomic mass is 15.2. The maximum Gasteiger partial charge on any atom is 0.0174 e. The Morgan fingerprint density at radius 1 is 0.870 bits per heavy atom. The van der Waals surface area contributed by atoms with Gasteiger partial charge in [-0.3, -0.25) is 4.90 Å². The van der Waals surface area contributed by atoms with E-state index in [9.17, 15) is 0 Å². The topological polar surface area (TPSA) is 3.24 Å². The Balaban J connectivity index is 2.30. The Labute approximate surface area is 141 Å². The lowest BCUT2D eigenvalue weighted by atomic mass is 9.95. The van der Waals surface area contributed by atoms with Gasteiger partial charge < -0.3 is 0 Å². The molecule has 1 nitrogen and oxygen atoms in total. The van der Waals surface area contributed by atoms with Crippen molar-refractivity contribution in [3.63, 3.8) is 0 Å². The molecule has 0 radical (unpaired) electrons. The van der Waals surface area contributed by atoms with Crippen molar-refractivity contribution < 1.29 is 0 Å². The van der Waals surface area contributed by atoms with E-state index < -0.39 is 0 Å². The summed E-state index contributed by atoms with van der Waals surface area (Å²) in [6.45, 7) is 12.3. The molecule has 2 rings (SSSR count). The fraction of sp³-hybridized carbons (Fsp3) is 0.364. The molecule has 0 atom stereocenters. The van der Waals surface area contributed by atoms with Crippen LogP contribution in [0.5, 0.6) is 0 Å². The monoisotopic (exact) mass is 307 g/mol. The second kappa shape index (κ2) is 8.12. The van der Waals surface area contributed by atoms with E-state index in [1.54, 1.807) is 0 Å². The zero-order valence-electron chi connectivity index (χ0n) is 15.1. The Morgan fingerprint density at radius 3 is 2.04 bits per heavy atom. The van der Waals surface area contributed by atoms with Crippen LogP contribution in [-0.4, -0.2) is 23.5 Å². The molecule has 23 heavy (non-hydrogen) atoms. The van der Waals surface area contributed by atoms with Crippen LogP contribution in [0.2, 0.25) is 0 Å². The summed E-state index contributed by atoms with van der Waals surface area (Å²) in [5.74, 6) is 0. The molecule has 0 aliphatic heterocycles. The molecule has 0 amide bonds. The van der Waals surface area contributed by atoms with Crippen molar-refractivity contribution in [1.82, 2.24) is 4.90 Å². The van der Waals surface area contributed by atoms with E-state index >= 15 is 0 Å². The molecule has 0 aromatic heterocycles. The van der Waals surface area contributed by atoms with Gasteiger partial charge in [-0.25, -0.2) is 0 Å². The molecule has 0 spiro atoms. The van der Waals surface area contributed by atoms with Crippen LogP contribution in [-0.2, 0) is 0 Å². The van der Waals surface area contributed by atoms with Gasteiger partial charge in [0.1, 0.15) is 0 Å². The first-order valence-electron chi connectivity index (χ1n) is 8.58. The highest BCUT2D eigenvalue weighted by Crippen LogP contribution is 2.28. The Hall–Kier alpha value is -1.86. The number of benzene rings is 2. The molecular formula is C22H29N. The number of allylic oxidation sites excluding steroid dienone is 1. The highest BCUT2D eigenvalue weighted by molar-refractivity contribution is 5.80. The van der Waals surface area contributed by atoms with Crippen LogP contribution < -0.4 is 0 Å². The summed E-state index contributed by atoms with van der Waals surface area (Å²) in [5, 5.41) is 0. The third-order valence-electron chi connectivity index (χ3n) is 4.37. The number of hydrogen-bond acceptors (Lipinski definition) is 1. The summed E-state index contributed by atoms with van der Waals surface area (Å²) in [6.07, 6.45) is 2.36. The van der Waals surface area contributed by atoms with Crippen LogP contribution in [0, 0.1) is 0 Å². The van der Waals surface area contributed by atoms with Gasteiger partial charge in [-0.05, 0) is 56.9 Å². The van der Waals surface area contributed by atoms with Gasteiger partial charge in [-0.1, -0.05) is 60.7 Å². The van der Waals surface area contributed by atoms with Crippen molar-refractivity contribution in [2.24, 2.45) is 0 Å². The molecule has 0 fully saturated rings. The summed E-state index contributed by atoms with van der Waals surface area (Å²) in [6, 6.07) is 20.4. The lowest BCUT2D eigenvalue weighted by Gasteiger charge is -2.29. The molecule has 0 unspecified atom stereocenters. The summed E-state index contributed by atoms with van der Waals surface area (Å²) < 4.78 is 0. The Morgan fingerprint density at radius 2 is 1.43 bits per heavy atom. The van der Waals surface area contributed by atoms with E-state index in [2.05, 4.69) is 100 Å². The first kappa shape index (κ1) is 17.5. The van der Waals surface area contributed by atoms with Gasteiger partial charge in [0.25, 0.3) is 0 Å². The van der Waals surface area contributed by atoms with E-state index in [0.29, 0.717) is 12.1 Å². The maximum atomic E-state index is 2.51. The minimum atomic E-state index is 0.559. The number of hydrogen-bond donors (Lipinski definition) is 0. The minimum Gasteiger partial charge on any atom is -0.295 e. The fourth-order valence-electron chi connectivity index (χ4n) is 3.07. The van der Waals surface area contributed by atoms with E-state index in [1.165, 1.54) is 22.3 Å². The fourth-order valence-corrected chi connectivity index (χ4v) is 3.07. The highest BCUT2D eigenvalue weighted by Gasteiger charge is 2.12. The molecule has 0 N–H and O–H groups in total. The van der Waals surface area contributed by atoms with Crippen molar-refractivity contribution in [1.29, 1.82) is 0 Å². The van der Waals surface area contributed by atoms with Crippen molar-refractivity contribution in [2.45, 2.75) is 46.7 Å². The summed E-state index contributed by atoms with van der Waals surface area (Å²) in [5.41, 5.74) is 5.25. The maximum absolute atomic E-state index is 2.51. The predicted molar refractivity (Wildman–Crippen MR) is 103 cm³/mol. The van der Waals surface area contributed by atoms with Gasteiger partial charge in [0.05, 0.1) is 0 Å². The first-order chi connectivity index (χ1) is 11.0. The van der Waals surface area contributed by atoms with Gasteiger partial charge in [0, 0.05) is 18.6 Å². The average molecular weight is 307 g/mol. The summed E-state index contributed by atoms with van der Waals surface area (Å²) in [7, 11) is 0. The van der Waals surface area contributed by atoms with Gasteiger partial charge >= 0.3 is 0 Å². The SMILES string of the molecule is CC(=CCN(C(C)C)C(C)C)c1ccccc1-c1ccccc1. The van der Waals surface area contributed by atoms with Crippen LogP contribution in [0.15, 0.2) is 60.7 Å². The molecule has 1 heteroatoms. The molecular weight excluding hydrogens is 278 g/mol. The molecule has 0 bridgehead atoms. The van der Waals surface area contributed by atoms with Crippen molar-refractivity contribution >= 4 is 5.57 Å². The van der Waals surface area contributed by atoms with Crippen molar-refractivity contribution in [2.75, 3.05) is 6.54 Å². The smallest absolute Gasteiger partial charge is 0.0174 e. The zero-order valence-corrected chi connectivity index (χ0v) is 15.1. The Bertz CT molecular complexity index is 630. The number of rotatable bonds is 6. The van der Waals surface area contributed by atoms with E-state index in [-0.39, 0.29) is 0 Å². The quantitative estimate of drug-likeness (QED) is 0.644. The predicted octanol–water partition coefficient (Wildman–Crippen LogP) is 5.88. The first-order valence-corrected chi connectivity index (χ1v) is 8.58. The Kier molecular flexibility index (Phi) is 6.18. The average Bonchev–Trinajstić information content (AvgIpc) is 2.55. The van der Waals surface area contributed by atoms with Gasteiger partial charge in [-0.2, -0.15) is 0 Å². The summed E-state index contributed by atoms with van der Waals surface area (Å²) in [4.78, 5) is 2.51. The second-order valence-corrected chi connectivity index (χ2v) is 6.68. The molecule has 0 saturated heterocycles. The minimum absolute atomic E-state index is 0.559. The van der Waals surface area contributed by atoms with E-state index in [1.807, 2.05) is 0 Å². The van der Waals surface area contributed by atoms with Gasteiger partial charge in [0.15, 0.2) is 0 Å². The summed E-state index contributed by atoms with van der Waals surface area (Å²) >= 11 is 0. The lowest BCUT2D eigenvalue weighted by Crippen LogP contribution is -2.37. The third-order valence-corrected chi connectivity index (χ3v) is 4.37. The molecule has 0 aliphatic rings. The van der Waals surface area contributed by atoms with Crippen LogP contribution in [0.1, 0.15) is 40.2 Å². The van der Waals surface area contributed by atoms with Crippen molar-refractivity contribution in [3.05, 3.63) is 66.2 Å². The normalized spacial score (nSPS) is 12.4. The number of nitrogens with zero attached hydrogens (tertiary/aromatic N) is 1. The van der Waals surface area contributed by atoms with Crippen LogP contribution in [0.4, 0.5) is 0 Å².